The molecule has 0 amide bonds. The Morgan fingerprint density at radius 3 is 2.30 bits per heavy atom. The summed E-state index contributed by atoms with van der Waals surface area (Å²) in [6.07, 6.45) is 5.15. The zero-order valence-electron chi connectivity index (χ0n) is 12.2. The standard InChI is InChI=1S/C18H21ClS/c1-12(2)13-7-9-14(10-8-13)18(19)17-11-15-5-3-4-6-16(15)20-17/h7-12,18H,3-6H2,1-2H3. The number of alkyl halides is 1. The van der Waals surface area contributed by atoms with Gasteiger partial charge in [-0.2, -0.15) is 0 Å². The van der Waals surface area contributed by atoms with Crippen molar-refractivity contribution in [2.75, 3.05) is 0 Å². The van der Waals surface area contributed by atoms with Crippen molar-refractivity contribution in [2.45, 2.75) is 50.8 Å². The summed E-state index contributed by atoms with van der Waals surface area (Å²) in [6.45, 7) is 4.45. The van der Waals surface area contributed by atoms with E-state index in [0.29, 0.717) is 5.92 Å². The second-order valence-corrected chi connectivity index (χ2v) is 7.59. The number of thiophene rings is 1. The number of aryl methyl sites for hydroxylation is 2. The normalized spacial score (nSPS) is 16.2. The first kappa shape index (κ1) is 14.2. The fourth-order valence-corrected chi connectivity index (χ4v) is 4.46. The van der Waals surface area contributed by atoms with Crippen molar-refractivity contribution in [3.8, 4) is 0 Å². The Morgan fingerprint density at radius 1 is 1.00 bits per heavy atom. The van der Waals surface area contributed by atoms with Crippen LogP contribution < -0.4 is 0 Å². The lowest BCUT2D eigenvalue weighted by atomic mass is 9.98. The molecular formula is C18H21ClS. The van der Waals surface area contributed by atoms with Crippen molar-refractivity contribution >= 4 is 22.9 Å². The molecular weight excluding hydrogens is 284 g/mol. The maximum atomic E-state index is 6.69. The minimum absolute atomic E-state index is 0.00631. The number of hydrogen-bond donors (Lipinski definition) is 0. The molecule has 1 aliphatic carbocycles. The highest BCUT2D eigenvalue weighted by Crippen LogP contribution is 2.38. The third-order valence-corrected chi connectivity index (χ3v) is 6.08. The van der Waals surface area contributed by atoms with Crippen LogP contribution >= 0.6 is 22.9 Å². The summed E-state index contributed by atoms with van der Waals surface area (Å²) in [6, 6.07) is 11.1. The molecule has 1 unspecified atom stereocenters. The van der Waals surface area contributed by atoms with Gasteiger partial charge in [-0.3, -0.25) is 0 Å². The molecule has 2 heteroatoms. The average Bonchev–Trinajstić information content (AvgIpc) is 2.90. The lowest BCUT2D eigenvalue weighted by Crippen LogP contribution is -1.96. The highest BCUT2D eigenvalue weighted by molar-refractivity contribution is 7.12. The molecule has 0 bridgehead atoms. The van der Waals surface area contributed by atoms with Gasteiger partial charge in [0, 0.05) is 9.75 Å². The fourth-order valence-electron chi connectivity index (χ4n) is 2.85. The van der Waals surface area contributed by atoms with Crippen molar-refractivity contribution in [3.63, 3.8) is 0 Å². The van der Waals surface area contributed by atoms with Crippen LogP contribution in [0.25, 0.3) is 0 Å². The average molecular weight is 305 g/mol. The maximum Gasteiger partial charge on any atom is 0.0927 e. The molecule has 3 rings (SSSR count). The SMILES string of the molecule is CC(C)c1ccc(C(Cl)c2cc3c(s2)CCCC3)cc1. The maximum absolute atomic E-state index is 6.69. The first-order chi connectivity index (χ1) is 9.65. The number of halogens is 1. The van der Waals surface area contributed by atoms with E-state index in [1.54, 1.807) is 10.4 Å². The summed E-state index contributed by atoms with van der Waals surface area (Å²) in [5.74, 6) is 0.576. The first-order valence-corrected chi connectivity index (χ1v) is 8.76. The smallest absolute Gasteiger partial charge is 0.0927 e. The van der Waals surface area contributed by atoms with Crippen molar-refractivity contribution in [1.29, 1.82) is 0 Å². The van der Waals surface area contributed by atoms with Crippen molar-refractivity contribution in [2.24, 2.45) is 0 Å². The molecule has 1 aromatic carbocycles. The van der Waals surface area contributed by atoms with E-state index in [-0.39, 0.29) is 5.38 Å². The molecule has 2 aromatic rings. The molecule has 0 radical (unpaired) electrons. The second kappa shape index (κ2) is 5.91. The number of fused-ring (bicyclic) bond motifs is 1. The van der Waals surface area contributed by atoms with Crippen molar-refractivity contribution in [1.82, 2.24) is 0 Å². The highest BCUT2D eigenvalue weighted by atomic mass is 35.5. The summed E-state index contributed by atoms with van der Waals surface area (Å²) in [7, 11) is 0. The van der Waals surface area contributed by atoms with E-state index in [0.717, 1.165) is 0 Å². The lowest BCUT2D eigenvalue weighted by molar-refractivity contribution is 0.697. The Kier molecular flexibility index (Phi) is 4.18. The van der Waals surface area contributed by atoms with E-state index in [2.05, 4.69) is 44.2 Å². The molecule has 0 aliphatic heterocycles. The minimum atomic E-state index is 0.00631. The van der Waals surface area contributed by atoms with E-state index in [1.165, 1.54) is 41.7 Å². The monoisotopic (exact) mass is 304 g/mol. The predicted molar refractivity (Wildman–Crippen MR) is 89.2 cm³/mol. The third-order valence-electron chi connectivity index (χ3n) is 4.16. The molecule has 20 heavy (non-hydrogen) atoms. The van der Waals surface area contributed by atoms with Crippen LogP contribution in [-0.2, 0) is 12.8 Å². The van der Waals surface area contributed by atoms with Gasteiger partial charge in [-0.1, -0.05) is 38.1 Å². The van der Waals surface area contributed by atoms with Crippen LogP contribution in [0.1, 0.15) is 64.4 Å². The largest absolute Gasteiger partial charge is 0.143 e. The summed E-state index contributed by atoms with van der Waals surface area (Å²) in [5.41, 5.74) is 4.14. The van der Waals surface area contributed by atoms with Crippen molar-refractivity contribution < 1.29 is 0 Å². The summed E-state index contributed by atoms with van der Waals surface area (Å²) in [4.78, 5) is 2.88. The van der Waals surface area contributed by atoms with Gasteiger partial charge in [0.25, 0.3) is 0 Å². The van der Waals surface area contributed by atoms with E-state index >= 15 is 0 Å². The van der Waals surface area contributed by atoms with Crippen molar-refractivity contribution in [3.05, 3.63) is 56.8 Å². The molecule has 0 spiro atoms. The van der Waals surface area contributed by atoms with Crippen LogP contribution in [0.2, 0.25) is 0 Å². The van der Waals surface area contributed by atoms with Gasteiger partial charge in [-0.05, 0) is 54.4 Å². The molecule has 0 saturated heterocycles. The Labute approximate surface area is 130 Å². The van der Waals surface area contributed by atoms with Crippen LogP contribution in [-0.4, -0.2) is 0 Å². The summed E-state index contributed by atoms with van der Waals surface area (Å²) >= 11 is 8.61. The van der Waals surface area contributed by atoms with Gasteiger partial charge in [0.15, 0.2) is 0 Å². The van der Waals surface area contributed by atoms with Gasteiger partial charge < -0.3 is 0 Å². The summed E-state index contributed by atoms with van der Waals surface area (Å²) < 4.78 is 0. The fraction of sp³-hybridized carbons (Fsp3) is 0.444. The number of hydrogen-bond acceptors (Lipinski definition) is 1. The van der Waals surface area contributed by atoms with E-state index in [1.807, 2.05) is 11.3 Å². The molecule has 1 aromatic heterocycles. The molecule has 0 N–H and O–H groups in total. The Hall–Kier alpha value is -0.790. The predicted octanol–water partition coefficient (Wildman–Crippen LogP) is 6.08. The lowest BCUT2D eigenvalue weighted by Gasteiger charge is -2.10. The van der Waals surface area contributed by atoms with Crippen LogP contribution in [0.5, 0.6) is 0 Å². The number of benzene rings is 1. The van der Waals surface area contributed by atoms with Gasteiger partial charge in [-0.25, -0.2) is 0 Å². The highest BCUT2D eigenvalue weighted by Gasteiger charge is 2.19. The topological polar surface area (TPSA) is 0 Å². The van der Waals surface area contributed by atoms with E-state index < -0.39 is 0 Å². The van der Waals surface area contributed by atoms with Gasteiger partial charge in [0.2, 0.25) is 0 Å². The van der Waals surface area contributed by atoms with Gasteiger partial charge in [0.05, 0.1) is 5.38 Å². The molecule has 1 atom stereocenters. The van der Waals surface area contributed by atoms with Gasteiger partial charge in [-0.15, -0.1) is 22.9 Å². The minimum Gasteiger partial charge on any atom is -0.143 e. The van der Waals surface area contributed by atoms with E-state index in [4.69, 9.17) is 11.6 Å². The van der Waals surface area contributed by atoms with Crippen LogP contribution in [0.4, 0.5) is 0 Å². The van der Waals surface area contributed by atoms with Crippen LogP contribution in [0.15, 0.2) is 30.3 Å². The molecule has 1 heterocycles. The Balaban J connectivity index is 1.84. The zero-order chi connectivity index (χ0) is 14.1. The van der Waals surface area contributed by atoms with Gasteiger partial charge >= 0.3 is 0 Å². The molecule has 106 valence electrons. The van der Waals surface area contributed by atoms with E-state index in [9.17, 15) is 0 Å². The molecule has 0 fully saturated rings. The Bertz CT molecular complexity index is 556. The summed E-state index contributed by atoms with van der Waals surface area (Å²) in [5, 5.41) is 0.00631. The van der Waals surface area contributed by atoms with Crippen LogP contribution in [0, 0.1) is 0 Å². The third kappa shape index (κ3) is 2.80. The number of rotatable bonds is 3. The van der Waals surface area contributed by atoms with Gasteiger partial charge in [0.1, 0.15) is 0 Å². The van der Waals surface area contributed by atoms with Crippen LogP contribution in [0.3, 0.4) is 0 Å². The Morgan fingerprint density at radius 2 is 1.65 bits per heavy atom. The molecule has 0 saturated carbocycles. The zero-order valence-corrected chi connectivity index (χ0v) is 13.7. The molecule has 1 aliphatic rings. The second-order valence-electron chi connectivity index (χ2n) is 5.99. The molecule has 0 nitrogen and oxygen atoms in total. The first-order valence-electron chi connectivity index (χ1n) is 7.50. The quantitative estimate of drug-likeness (QED) is 0.603.